The van der Waals surface area contributed by atoms with Gasteiger partial charge in [0.15, 0.2) is 0 Å². The Morgan fingerprint density at radius 2 is 1.76 bits per heavy atom. The summed E-state index contributed by atoms with van der Waals surface area (Å²) in [5.41, 5.74) is 2.99. The zero-order chi connectivity index (χ0) is 20.2. The van der Waals surface area contributed by atoms with Gasteiger partial charge < -0.3 is 9.80 Å². The van der Waals surface area contributed by atoms with E-state index in [1.807, 2.05) is 60.5 Å². The molecule has 0 radical (unpaired) electrons. The van der Waals surface area contributed by atoms with E-state index in [-0.39, 0.29) is 17.7 Å². The van der Waals surface area contributed by atoms with Crippen LogP contribution in [-0.2, 0) is 11.2 Å². The fraction of sp³-hybridized carbons (Fsp3) is 0.250. The van der Waals surface area contributed by atoms with Crippen LogP contribution in [0.25, 0.3) is 10.4 Å². The molecule has 3 aromatic rings. The van der Waals surface area contributed by atoms with Gasteiger partial charge in [0, 0.05) is 37.1 Å². The van der Waals surface area contributed by atoms with Crippen molar-refractivity contribution < 1.29 is 9.59 Å². The Balaban J connectivity index is 1.60. The maximum atomic E-state index is 13.0. The Morgan fingerprint density at radius 1 is 1.00 bits per heavy atom. The van der Waals surface area contributed by atoms with Crippen LogP contribution in [0.3, 0.4) is 0 Å². The second kappa shape index (κ2) is 8.62. The number of carbonyl (C=O) groups excluding carboxylic acids is 2. The van der Waals surface area contributed by atoms with Gasteiger partial charge in [-0.2, -0.15) is 0 Å². The van der Waals surface area contributed by atoms with E-state index in [0.717, 1.165) is 5.56 Å². The molecule has 0 N–H and O–H groups in total. The topological polar surface area (TPSA) is 40.6 Å². The molecule has 1 fully saturated rings. The smallest absolute Gasteiger partial charge is 0.253 e. The van der Waals surface area contributed by atoms with E-state index in [0.29, 0.717) is 31.6 Å². The quantitative estimate of drug-likeness (QED) is 0.654. The molecular weight excluding hydrogens is 380 g/mol. The summed E-state index contributed by atoms with van der Waals surface area (Å²) in [4.78, 5) is 30.8. The molecule has 2 aromatic carbocycles. The van der Waals surface area contributed by atoms with Gasteiger partial charge >= 0.3 is 0 Å². The lowest BCUT2D eigenvalue weighted by molar-refractivity contribution is -0.133. The van der Waals surface area contributed by atoms with Gasteiger partial charge in [0.05, 0.1) is 5.92 Å². The summed E-state index contributed by atoms with van der Waals surface area (Å²) in [6.07, 6.45) is 0.621. The highest BCUT2D eigenvalue weighted by Gasteiger charge is 2.31. The first kappa shape index (κ1) is 19.4. The summed E-state index contributed by atoms with van der Waals surface area (Å²) >= 11 is 1.70. The van der Waals surface area contributed by atoms with Gasteiger partial charge in [-0.05, 0) is 41.1 Å². The summed E-state index contributed by atoms with van der Waals surface area (Å²) < 4.78 is 0. The second-order valence-corrected chi connectivity index (χ2v) is 8.36. The Bertz CT molecular complexity index is 985. The van der Waals surface area contributed by atoms with Gasteiger partial charge in [0.25, 0.3) is 5.91 Å². The van der Waals surface area contributed by atoms with Gasteiger partial charge in [-0.25, -0.2) is 0 Å². The first-order valence-electron chi connectivity index (χ1n) is 9.84. The van der Waals surface area contributed by atoms with E-state index in [4.69, 9.17) is 0 Å². The molecule has 4 rings (SSSR count). The molecular formula is C24H24N2O2S. The maximum absolute atomic E-state index is 13.0. The third kappa shape index (κ3) is 4.25. The zero-order valence-electron chi connectivity index (χ0n) is 16.5. The Morgan fingerprint density at radius 3 is 2.52 bits per heavy atom. The van der Waals surface area contributed by atoms with Crippen molar-refractivity contribution in [3.63, 3.8) is 0 Å². The van der Waals surface area contributed by atoms with Crippen LogP contribution in [0.1, 0.15) is 15.9 Å². The fourth-order valence-electron chi connectivity index (χ4n) is 3.86. The minimum absolute atomic E-state index is 0.00904. The summed E-state index contributed by atoms with van der Waals surface area (Å²) in [5, 5.41) is 2.07. The highest BCUT2D eigenvalue weighted by Crippen LogP contribution is 2.30. The van der Waals surface area contributed by atoms with E-state index in [1.165, 1.54) is 10.4 Å². The van der Waals surface area contributed by atoms with Crippen LogP contribution < -0.4 is 0 Å². The maximum Gasteiger partial charge on any atom is 0.253 e. The van der Waals surface area contributed by atoms with Crippen molar-refractivity contribution in [2.24, 2.45) is 5.92 Å². The lowest BCUT2D eigenvalue weighted by Gasteiger charge is -2.24. The summed E-state index contributed by atoms with van der Waals surface area (Å²) in [6, 6.07) is 21.7. The van der Waals surface area contributed by atoms with E-state index in [1.54, 1.807) is 16.2 Å². The van der Waals surface area contributed by atoms with Crippen molar-refractivity contribution in [3.8, 4) is 10.4 Å². The van der Waals surface area contributed by atoms with Crippen molar-refractivity contribution >= 4 is 23.2 Å². The largest absolute Gasteiger partial charge is 0.344 e. The Labute approximate surface area is 175 Å². The lowest BCUT2D eigenvalue weighted by Crippen LogP contribution is -2.37. The van der Waals surface area contributed by atoms with Crippen molar-refractivity contribution in [3.05, 3.63) is 83.2 Å². The normalized spacial score (nSPS) is 17.3. The van der Waals surface area contributed by atoms with Gasteiger partial charge in [0.2, 0.25) is 5.91 Å². The third-order valence-corrected chi connectivity index (χ3v) is 6.35. The van der Waals surface area contributed by atoms with Crippen LogP contribution in [-0.4, -0.2) is 48.3 Å². The fourth-order valence-corrected chi connectivity index (χ4v) is 4.65. The number of rotatable bonds is 4. The SMILES string of the molecule is CN1CCN(C(=O)c2ccccc2)CC(Cc2ccccc2-c2cccs2)C1=O. The third-order valence-electron chi connectivity index (χ3n) is 5.45. The average Bonchev–Trinajstić information content (AvgIpc) is 3.26. The molecule has 5 heteroatoms. The number of nitrogens with zero attached hydrogens (tertiary/aromatic N) is 2. The molecule has 1 unspecified atom stereocenters. The minimum atomic E-state index is -0.253. The van der Waals surface area contributed by atoms with Crippen LogP contribution in [0, 0.1) is 5.92 Å². The molecule has 1 aromatic heterocycles. The summed E-state index contributed by atoms with van der Waals surface area (Å²) in [5.74, 6) is -0.157. The monoisotopic (exact) mass is 404 g/mol. The van der Waals surface area contributed by atoms with Gasteiger partial charge in [-0.1, -0.05) is 48.5 Å². The molecule has 0 bridgehead atoms. The molecule has 4 nitrogen and oxygen atoms in total. The number of hydrogen-bond acceptors (Lipinski definition) is 3. The van der Waals surface area contributed by atoms with Crippen LogP contribution >= 0.6 is 11.3 Å². The first-order chi connectivity index (χ1) is 14.1. The Kier molecular flexibility index (Phi) is 5.76. The molecule has 2 amide bonds. The molecule has 29 heavy (non-hydrogen) atoms. The number of thiophene rings is 1. The summed E-state index contributed by atoms with van der Waals surface area (Å²) in [6.45, 7) is 1.55. The molecule has 0 saturated carbocycles. The van der Waals surface area contributed by atoms with E-state index >= 15 is 0 Å². The predicted molar refractivity (Wildman–Crippen MR) is 117 cm³/mol. The summed E-state index contributed by atoms with van der Waals surface area (Å²) in [7, 11) is 1.83. The van der Waals surface area contributed by atoms with Crippen molar-refractivity contribution in [1.29, 1.82) is 0 Å². The zero-order valence-corrected chi connectivity index (χ0v) is 17.3. The number of hydrogen-bond donors (Lipinski definition) is 0. The van der Waals surface area contributed by atoms with Crippen molar-refractivity contribution in [2.75, 3.05) is 26.7 Å². The second-order valence-electron chi connectivity index (χ2n) is 7.41. The van der Waals surface area contributed by atoms with E-state index in [2.05, 4.69) is 23.6 Å². The molecule has 1 aliphatic heterocycles. The molecule has 0 aliphatic carbocycles. The predicted octanol–water partition coefficient (Wildman–Crippen LogP) is 4.19. The molecule has 0 spiro atoms. The van der Waals surface area contributed by atoms with E-state index < -0.39 is 0 Å². The van der Waals surface area contributed by atoms with Crippen molar-refractivity contribution in [1.82, 2.24) is 9.80 Å². The number of likely N-dealkylation sites (N-methyl/N-ethyl adjacent to an activating group) is 1. The highest BCUT2D eigenvalue weighted by molar-refractivity contribution is 7.13. The van der Waals surface area contributed by atoms with Gasteiger partial charge in [-0.15, -0.1) is 11.3 Å². The number of benzene rings is 2. The highest BCUT2D eigenvalue weighted by atomic mass is 32.1. The average molecular weight is 405 g/mol. The molecule has 1 saturated heterocycles. The van der Waals surface area contributed by atoms with Crippen LogP contribution in [0.5, 0.6) is 0 Å². The Hall–Kier alpha value is -2.92. The standard InChI is InChI=1S/C24H24N2O2S/c1-25-13-14-26(24(28)18-8-3-2-4-9-18)17-20(23(25)27)16-19-10-5-6-11-21(19)22-12-7-15-29-22/h2-12,15,20H,13-14,16-17H2,1H3. The van der Waals surface area contributed by atoms with Gasteiger partial charge in [0.1, 0.15) is 0 Å². The molecule has 1 atom stereocenters. The molecule has 2 heterocycles. The van der Waals surface area contributed by atoms with Crippen molar-refractivity contribution in [2.45, 2.75) is 6.42 Å². The van der Waals surface area contributed by atoms with Crippen LogP contribution in [0.15, 0.2) is 72.1 Å². The van der Waals surface area contributed by atoms with Gasteiger partial charge in [-0.3, -0.25) is 9.59 Å². The molecule has 1 aliphatic rings. The minimum Gasteiger partial charge on any atom is -0.344 e. The van der Waals surface area contributed by atoms with E-state index in [9.17, 15) is 9.59 Å². The van der Waals surface area contributed by atoms with Crippen LogP contribution in [0.2, 0.25) is 0 Å². The number of carbonyl (C=O) groups is 2. The molecule has 148 valence electrons. The van der Waals surface area contributed by atoms with Crippen LogP contribution in [0.4, 0.5) is 0 Å². The lowest BCUT2D eigenvalue weighted by atomic mass is 9.93. The number of amides is 2. The first-order valence-corrected chi connectivity index (χ1v) is 10.7.